The van der Waals surface area contributed by atoms with Crippen molar-refractivity contribution in [3.63, 3.8) is 0 Å². The molecule has 0 saturated carbocycles. The summed E-state index contributed by atoms with van der Waals surface area (Å²) in [6.07, 6.45) is 1.94. The number of ether oxygens (including phenoxy) is 2. The minimum Gasteiger partial charge on any atom is -0.497 e. The predicted octanol–water partition coefficient (Wildman–Crippen LogP) is 4.62. The summed E-state index contributed by atoms with van der Waals surface area (Å²) in [5.41, 5.74) is 1.04. The maximum absolute atomic E-state index is 12.8. The van der Waals surface area contributed by atoms with Crippen molar-refractivity contribution in [3.05, 3.63) is 52.0 Å². The molecule has 0 N–H and O–H groups in total. The zero-order chi connectivity index (χ0) is 20.3. The lowest BCUT2D eigenvalue weighted by molar-refractivity contribution is 0.265. The molecule has 1 saturated heterocycles. The van der Waals surface area contributed by atoms with E-state index in [4.69, 9.17) is 32.7 Å². The molecule has 1 heterocycles. The van der Waals surface area contributed by atoms with Gasteiger partial charge < -0.3 is 9.47 Å². The van der Waals surface area contributed by atoms with Gasteiger partial charge in [-0.05, 0) is 43.7 Å². The summed E-state index contributed by atoms with van der Waals surface area (Å²) < 4.78 is 36.4. The van der Waals surface area contributed by atoms with Gasteiger partial charge in [-0.3, -0.25) is 4.90 Å². The monoisotopic (exact) mass is 443 g/mol. The Labute approximate surface area is 176 Å². The van der Waals surface area contributed by atoms with Crippen molar-refractivity contribution in [2.24, 2.45) is 0 Å². The summed E-state index contributed by atoms with van der Waals surface area (Å²) in [7, 11) is -0.301. The molecule has 0 aliphatic carbocycles. The summed E-state index contributed by atoms with van der Waals surface area (Å²) in [5, 5.41) is 0.546. The maximum atomic E-state index is 12.8. The van der Waals surface area contributed by atoms with Gasteiger partial charge in [-0.25, -0.2) is 8.42 Å². The molecular formula is C20H23Cl2NO4S. The highest BCUT2D eigenvalue weighted by atomic mass is 35.5. The number of likely N-dealkylation sites (tertiary alicyclic amines) is 1. The van der Waals surface area contributed by atoms with E-state index in [9.17, 15) is 8.42 Å². The fourth-order valence-corrected chi connectivity index (χ4v) is 5.68. The van der Waals surface area contributed by atoms with Crippen LogP contribution in [0.25, 0.3) is 0 Å². The second-order valence-corrected chi connectivity index (χ2v) is 9.62. The Kier molecular flexibility index (Phi) is 6.76. The molecule has 2 aromatic carbocycles. The van der Waals surface area contributed by atoms with E-state index in [-0.39, 0.29) is 21.7 Å². The van der Waals surface area contributed by atoms with Gasteiger partial charge in [0.1, 0.15) is 11.5 Å². The molecule has 152 valence electrons. The molecule has 28 heavy (non-hydrogen) atoms. The van der Waals surface area contributed by atoms with E-state index in [1.807, 2.05) is 18.2 Å². The Morgan fingerprint density at radius 1 is 1.11 bits per heavy atom. The molecule has 1 fully saturated rings. The van der Waals surface area contributed by atoms with E-state index in [2.05, 4.69) is 4.90 Å². The van der Waals surface area contributed by atoms with Crippen molar-refractivity contribution in [2.45, 2.75) is 23.8 Å². The third-order valence-electron chi connectivity index (χ3n) is 5.04. The zero-order valence-corrected chi connectivity index (χ0v) is 18.1. The van der Waals surface area contributed by atoms with Gasteiger partial charge in [0.25, 0.3) is 0 Å². The fraction of sp³-hybridized carbons (Fsp3) is 0.400. The SMILES string of the molecule is COc1ccc([C@@H]2CCCN2CCS(=O)(=O)c2cc(Cl)ccc2Cl)c(OC)c1. The highest BCUT2D eigenvalue weighted by molar-refractivity contribution is 7.91. The van der Waals surface area contributed by atoms with Crippen LogP contribution in [0, 0.1) is 0 Å². The minimum absolute atomic E-state index is 0.0258. The van der Waals surface area contributed by atoms with Gasteiger partial charge in [0.05, 0.1) is 29.9 Å². The number of rotatable bonds is 7. The average molecular weight is 444 g/mol. The van der Waals surface area contributed by atoms with Gasteiger partial charge in [0.15, 0.2) is 9.84 Å². The molecular weight excluding hydrogens is 421 g/mol. The molecule has 0 spiro atoms. The van der Waals surface area contributed by atoms with Crippen LogP contribution in [0.2, 0.25) is 10.0 Å². The normalized spacial score (nSPS) is 17.6. The van der Waals surface area contributed by atoms with Crippen LogP contribution >= 0.6 is 23.2 Å². The van der Waals surface area contributed by atoms with Crippen molar-refractivity contribution < 1.29 is 17.9 Å². The maximum Gasteiger partial charge on any atom is 0.181 e. The Morgan fingerprint density at radius 2 is 1.89 bits per heavy atom. The summed E-state index contributed by atoms with van der Waals surface area (Å²) in [6, 6.07) is 10.3. The molecule has 0 radical (unpaired) electrons. The summed E-state index contributed by atoms with van der Waals surface area (Å²) in [6.45, 7) is 1.24. The van der Waals surface area contributed by atoms with Crippen LogP contribution in [-0.2, 0) is 9.84 Å². The smallest absolute Gasteiger partial charge is 0.181 e. The largest absolute Gasteiger partial charge is 0.497 e. The van der Waals surface area contributed by atoms with E-state index in [1.54, 1.807) is 20.3 Å². The lowest BCUT2D eigenvalue weighted by Gasteiger charge is -2.26. The van der Waals surface area contributed by atoms with E-state index in [1.165, 1.54) is 12.1 Å². The van der Waals surface area contributed by atoms with Gasteiger partial charge in [0.2, 0.25) is 0 Å². The molecule has 1 aliphatic heterocycles. The topological polar surface area (TPSA) is 55.8 Å². The van der Waals surface area contributed by atoms with Crippen molar-refractivity contribution in [1.82, 2.24) is 4.90 Å². The first-order chi connectivity index (χ1) is 13.4. The summed E-state index contributed by atoms with van der Waals surface area (Å²) >= 11 is 12.0. The van der Waals surface area contributed by atoms with E-state index in [0.29, 0.717) is 11.6 Å². The molecule has 5 nitrogen and oxygen atoms in total. The van der Waals surface area contributed by atoms with Crippen molar-refractivity contribution >= 4 is 33.0 Å². The van der Waals surface area contributed by atoms with Crippen LogP contribution in [0.15, 0.2) is 41.3 Å². The van der Waals surface area contributed by atoms with Crippen LogP contribution in [0.1, 0.15) is 24.4 Å². The van der Waals surface area contributed by atoms with Crippen molar-refractivity contribution in [3.8, 4) is 11.5 Å². The molecule has 0 amide bonds. The summed E-state index contributed by atoms with van der Waals surface area (Å²) in [4.78, 5) is 2.26. The van der Waals surface area contributed by atoms with Gasteiger partial charge in [-0.1, -0.05) is 29.3 Å². The lowest BCUT2D eigenvalue weighted by atomic mass is 10.0. The van der Waals surface area contributed by atoms with Crippen LogP contribution in [0.5, 0.6) is 11.5 Å². The highest BCUT2D eigenvalue weighted by Crippen LogP contribution is 2.38. The van der Waals surface area contributed by atoms with Gasteiger partial charge in [-0.2, -0.15) is 0 Å². The van der Waals surface area contributed by atoms with Crippen molar-refractivity contribution in [1.29, 1.82) is 0 Å². The highest BCUT2D eigenvalue weighted by Gasteiger charge is 2.30. The molecule has 8 heteroatoms. The second-order valence-electron chi connectivity index (χ2n) is 6.70. The van der Waals surface area contributed by atoms with Gasteiger partial charge in [-0.15, -0.1) is 0 Å². The number of sulfone groups is 1. The second kappa shape index (κ2) is 8.91. The summed E-state index contributed by atoms with van der Waals surface area (Å²) in [5.74, 6) is 1.45. The van der Waals surface area contributed by atoms with Crippen LogP contribution < -0.4 is 9.47 Å². The number of benzene rings is 2. The number of hydrogen-bond acceptors (Lipinski definition) is 5. The number of hydrogen-bond donors (Lipinski definition) is 0. The molecule has 1 atom stereocenters. The van der Waals surface area contributed by atoms with Gasteiger partial charge >= 0.3 is 0 Å². The fourth-order valence-electron chi connectivity index (χ4n) is 3.60. The Morgan fingerprint density at radius 3 is 2.61 bits per heavy atom. The quantitative estimate of drug-likeness (QED) is 0.624. The first-order valence-corrected chi connectivity index (χ1v) is 11.4. The van der Waals surface area contributed by atoms with Gasteiger partial charge in [0, 0.05) is 29.2 Å². The van der Waals surface area contributed by atoms with Crippen molar-refractivity contribution in [2.75, 3.05) is 33.1 Å². The molecule has 3 rings (SSSR count). The third kappa shape index (κ3) is 4.57. The Balaban J connectivity index is 1.78. The van der Waals surface area contributed by atoms with E-state index < -0.39 is 9.84 Å². The standard InChI is InChI=1S/C20H23Cl2NO4S/c1-26-15-6-7-16(19(13-15)27-2)18-4-3-9-23(18)10-11-28(24,25)20-12-14(21)5-8-17(20)22/h5-8,12-13,18H,3-4,9-11H2,1-2H3/t18-/m0/s1. The zero-order valence-electron chi connectivity index (χ0n) is 15.8. The molecule has 2 aromatic rings. The average Bonchev–Trinajstić information content (AvgIpc) is 3.16. The Bertz CT molecular complexity index is 949. The van der Waals surface area contributed by atoms with E-state index in [0.717, 1.165) is 36.4 Å². The molecule has 0 aromatic heterocycles. The molecule has 0 bridgehead atoms. The first-order valence-electron chi connectivity index (χ1n) is 8.99. The van der Waals surface area contributed by atoms with Crippen LogP contribution in [-0.4, -0.2) is 46.4 Å². The molecule has 0 unspecified atom stereocenters. The first kappa shape index (κ1) is 21.2. The number of methoxy groups -OCH3 is 2. The third-order valence-corrected chi connectivity index (χ3v) is 7.44. The number of halogens is 2. The minimum atomic E-state index is -3.54. The molecule has 1 aliphatic rings. The van der Waals surface area contributed by atoms with Crippen LogP contribution in [0.4, 0.5) is 0 Å². The number of nitrogens with zero attached hydrogens (tertiary/aromatic N) is 1. The predicted molar refractivity (Wildman–Crippen MR) is 112 cm³/mol. The van der Waals surface area contributed by atoms with Crippen LogP contribution in [0.3, 0.4) is 0 Å². The van der Waals surface area contributed by atoms with E-state index >= 15 is 0 Å². The lowest BCUT2D eigenvalue weighted by Crippen LogP contribution is -2.29. The Hall–Kier alpha value is -1.47.